The molecule has 4 rings (SSSR count). The second-order valence-corrected chi connectivity index (χ2v) is 6.06. The summed E-state index contributed by atoms with van der Waals surface area (Å²) in [5.74, 6) is -1.13. The Kier molecular flexibility index (Phi) is 3.84. The number of nitrogens with zero attached hydrogens (tertiary/aromatic N) is 2. The molecule has 2 heterocycles. The van der Waals surface area contributed by atoms with Crippen molar-refractivity contribution in [1.82, 2.24) is 9.47 Å². The van der Waals surface area contributed by atoms with Crippen molar-refractivity contribution in [2.24, 2.45) is 0 Å². The molecule has 0 aliphatic carbocycles. The molecular formula is C20H16F2N2O. The number of hydrogen-bond acceptors (Lipinski definition) is 1. The maximum absolute atomic E-state index is 14.5. The molecule has 1 aliphatic heterocycles. The largest absolute Gasteiger partial charge is 0.348 e. The first-order valence-corrected chi connectivity index (χ1v) is 8.11. The van der Waals surface area contributed by atoms with Crippen molar-refractivity contribution >= 4 is 5.91 Å². The zero-order chi connectivity index (χ0) is 17.4. The topological polar surface area (TPSA) is 25.2 Å². The lowest BCUT2D eigenvalue weighted by molar-refractivity contribution is 0.0660. The maximum Gasteiger partial charge on any atom is 0.254 e. The molecule has 0 bridgehead atoms. The van der Waals surface area contributed by atoms with E-state index in [2.05, 4.69) is 0 Å². The lowest BCUT2D eigenvalue weighted by Gasteiger charge is -2.37. The summed E-state index contributed by atoms with van der Waals surface area (Å²) in [4.78, 5) is 14.6. The molecule has 0 saturated heterocycles. The normalized spacial score (nSPS) is 16.6. The number of rotatable bonds is 2. The van der Waals surface area contributed by atoms with E-state index in [4.69, 9.17) is 0 Å². The van der Waals surface area contributed by atoms with Gasteiger partial charge < -0.3 is 9.47 Å². The van der Waals surface area contributed by atoms with Crippen LogP contribution in [0.15, 0.2) is 66.9 Å². The van der Waals surface area contributed by atoms with Crippen LogP contribution in [0.25, 0.3) is 0 Å². The number of carbonyl (C=O) groups excluding carboxylic acids is 1. The van der Waals surface area contributed by atoms with Crippen LogP contribution in [0.5, 0.6) is 0 Å². The Morgan fingerprint density at radius 1 is 0.960 bits per heavy atom. The minimum Gasteiger partial charge on any atom is -0.348 e. The Morgan fingerprint density at radius 3 is 2.60 bits per heavy atom. The average molecular weight is 338 g/mol. The molecule has 3 aromatic rings. The summed E-state index contributed by atoms with van der Waals surface area (Å²) >= 11 is 0. The van der Waals surface area contributed by atoms with Crippen LogP contribution in [-0.4, -0.2) is 21.9 Å². The molecule has 126 valence electrons. The fourth-order valence-corrected chi connectivity index (χ4v) is 3.41. The van der Waals surface area contributed by atoms with Gasteiger partial charge in [0.1, 0.15) is 17.7 Å². The first kappa shape index (κ1) is 15.6. The highest BCUT2D eigenvalue weighted by atomic mass is 19.1. The summed E-state index contributed by atoms with van der Waals surface area (Å²) in [6.07, 6.45) is 1.92. The van der Waals surface area contributed by atoms with Crippen molar-refractivity contribution in [3.05, 3.63) is 95.3 Å². The van der Waals surface area contributed by atoms with E-state index in [1.807, 2.05) is 22.9 Å². The number of carbonyl (C=O) groups is 1. The van der Waals surface area contributed by atoms with Gasteiger partial charge in [0.25, 0.3) is 5.91 Å². The monoisotopic (exact) mass is 338 g/mol. The van der Waals surface area contributed by atoms with E-state index in [1.165, 1.54) is 24.3 Å². The smallest absolute Gasteiger partial charge is 0.254 e. The quantitative estimate of drug-likeness (QED) is 0.693. The molecule has 1 aliphatic rings. The summed E-state index contributed by atoms with van der Waals surface area (Å²) in [7, 11) is 0. The van der Waals surface area contributed by atoms with Gasteiger partial charge in [-0.3, -0.25) is 4.79 Å². The van der Waals surface area contributed by atoms with E-state index in [-0.39, 0.29) is 17.3 Å². The predicted molar refractivity (Wildman–Crippen MR) is 90.1 cm³/mol. The van der Waals surface area contributed by atoms with Gasteiger partial charge in [-0.25, -0.2) is 8.78 Å². The van der Waals surface area contributed by atoms with Crippen molar-refractivity contribution in [1.29, 1.82) is 0 Å². The highest BCUT2D eigenvalue weighted by Crippen LogP contribution is 2.34. The van der Waals surface area contributed by atoms with Gasteiger partial charge in [-0.15, -0.1) is 0 Å². The summed E-state index contributed by atoms with van der Waals surface area (Å²) in [5, 5.41) is 0. The van der Waals surface area contributed by atoms with E-state index in [0.717, 1.165) is 5.69 Å². The number of aromatic nitrogens is 1. The van der Waals surface area contributed by atoms with Crippen molar-refractivity contribution in [3.8, 4) is 0 Å². The Bertz CT molecular complexity index is 935. The highest BCUT2D eigenvalue weighted by molar-refractivity contribution is 5.94. The van der Waals surface area contributed by atoms with Gasteiger partial charge in [-0.2, -0.15) is 0 Å². The summed E-state index contributed by atoms with van der Waals surface area (Å²) in [6.45, 7) is 1.05. The molecule has 1 amide bonds. The van der Waals surface area contributed by atoms with Crippen LogP contribution in [0, 0.1) is 11.6 Å². The molecule has 1 atom stereocenters. The Labute approximate surface area is 144 Å². The Hall–Kier alpha value is -2.95. The van der Waals surface area contributed by atoms with Gasteiger partial charge >= 0.3 is 0 Å². The standard InChI is InChI=1S/C20H16F2N2O/c21-15-6-3-5-14(13-15)20(25)24-12-11-23-10-4-9-18(23)19(24)16-7-1-2-8-17(16)22/h1-10,13,19H,11-12H2/t19-/m1/s1. The minimum atomic E-state index is -0.541. The third-order valence-electron chi connectivity index (χ3n) is 4.57. The Morgan fingerprint density at radius 2 is 1.80 bits per heavy atom. The molecule has 3 nitrogen and oxygen atoms in total. The van der Waals surface area contributed by atoms with E-state index in [1.54, 1.807) is 29.2 Å². The van der Waals surface area contributed by atoms with Gasteiger partial charge in [0.15, 0.2) is 0 Å². The molecule has 0 fully saturated rings. The first-order valence-electron chi connectivity index (χ1n) is 8.11. The van der Waals surface area contributed by atoms with Crippen LogP contribution < -0.4 is 0 Å². The van der Waals surface area contributed by atoms with Crippen LogP contribution >= 0.6 is 0 Å². The number of benzene rings is 2. The zero-order valence-corrected chi connectivity index (χ0v) is 13.4. The molecule has 0 unspecified atom stereocenters. The third kappa shape index (κ3) is 2.71. The predicted octanol–water partition coefficient (Wildman–Crippen LogP) is 4.01. The summed E-state index contributed by atoms with van der Waals surface area (Å²) in [6, 6.07) is 15.3. The van der Waals surface area contributed by atoms with Crippen molar-refractivity contribution in [3.63, 3.8) is 0 Å². The van der Waals surface area contributed by atoms with Gasteiger partial charge in [-0.05, 0) is 36.4 Å². The van der Waals surface area contributed by atoms with Crippen LogP contribution in [0.4, 0.5) is 8.78 Å². The van der Waals surface area contributed by atoms with Crippen LogP contribution in [0.3, 0.4) is 0 Å². The lowest BCUT2D eigenvalue weighted by atomic mass is 9.98. The molecular weight excluding hydrogens is 322 g/mol. The van der Waals surface area contributed by atoms with E-state index < -0.39 is 11.9 Å². The van der Waals surface area contributed by atoms with Crippen LogP contribution in [-0.2, 0) is 6.54 Å². The van der Waals surface area contributed by atoms with E-state index >= 15 is 0 Å². The second kappa shape index (κ2) is 6.16. The fourth-order valence-electron chi connectivity index (χ4n) is 3.41. The van der Waals surface area contributed by atoms with Crippen LogP contribution in [0.1, 0.15) is 27.7 Å². The molecule has 0 N–H and O–H groups in total. The average Bonchev–Trinajstić information content (AvgIpc) is 3.10. The first-order chi connectivity index (χ1) is 12.1. The third-order valence-corrected chi connectivity index (χ3v) is 4.57. The minimum absolute atomic E-state index is 0.265. The van der Waals surface area contributed by atoms with Gasteiger partial charge in [0, 0.05) is 36.1 Å². The number of fused-ring (bicyclic) bond motifs is 1. The Balaban J connectivity index is 1.81. The van der Waals surface area contributed by atoms with Crippen molar-refractivity contribution in [2.75, 3.05) is 6.54 Å². The van der Waals surface area contributed by atoms with E-state index in [9.17, 15) is 13.6 Å². The van der Waals surface area contributed by atoms with Crippen LogP contribution in [0.2, 0.25) is 0 Å². The lowest BCUT2D eigenvalue weighted by Crippen LogP contribution is -2.42. The number of halogens is 2. The van der Waals surface area contributed by atoms with Gasteiger partial charge in [0.05, 0.1) is 0 Å². The fraction of sp³-hybridized carbons (Fsp3) is 0.150. The molecule has 5 heteroatoms. The maximum atomic E-state index is 14.5. The molecule has 0 saturated carbocycles. The summed E-state index contributed by atoms with van der Waals surface area (Å²) < 4.78 is 30.0. The number of amides is 1. The van der Waals surface area contributed by atoms with Gasteiger partial charge in [-0.1, -0.05) is 24.3 Å². The summed E-state index contributed by atoms with van der Waals surface area (Å²) in [5.41, 5.74) is 1.55. The molecule has 0 radical (unpaired) electrons. The molecule has 25 heavy (non-hydrogen) atoms. The SMILES string of the molecule is O=C(c1cccc(F)c1)N1CCn2cccc2[C@H]1c1ccccc1F. The molecule has 0 spiro atoms. The number of hydrogen-bond donors (Lipinski definition) is 0. The second-order valence-electron chi connectivity index (χ2n) is 6.06. The van der Waals surface area contributed by atoms with E-state index in [0.29, 0.717) is 18.7 Å². The van der Waals surface area contributed by atoms with Gasteiger partial charge in [0.2, 0.25) is 0 Å². The molecule has 2 aromatic carbocycles. The van der Waals surface area contributed by atoms with Crippen molar-refractivity contribution in [2.45, 2.75) is 12.6 Å². The molecule has 1 aromatic heterocycles. The zero-order valence-electron chi connectivity index (χ0n) is 13.4. The van der Waals surface area contributed by atoms with Crippen molar-refractivity contribution < 1.29 is 13.6 Å². The highest BCUT2D eigenvalue weighted by Gasteiger charge is 2.34.